The molecule has 104 valence electrons. The summed E-state index contributed by atoms with van der Waals surface area (Å²) in [4.78, 5) is 12.0. The fourth-order valence-electron chi connectivity index (χ4n) is 2.69. The van der Waals surface area contributed by atoms with Gasteiger partial charge < -0.3 is 10.6 Å². The molecule has 0 atom stereocenters. The highest BCUT2D eigenvalue weighted by Gasteiger charge is 2.16. The van der Waals surface area contributed by atoms with Crippen molar-refractivity contribution in [2.24, 2.45) is 0 Å². The highest BCUT2D eigenvalue weighted by Crippen LogP contribution is 2.25. The third-order valence-electron chi connectivity index (χ3n) is 3.68. The van der Waals surface area contributed by atoms with E-state index < -0.39 is 0 Å². The number of benzene rings is 1. The highest BCUT2D eigenvalue weighted by molar-refractivity contribution is 6.30. The summed E-state index contributed by atoms with van der Waals surface area (Å²) in [7, 11) is 0. The van der Waals surface area contributed by atoms with Crippen LogP contribution in [0.5, 0.6) is 0 Å². The number of amides is 2. The average Bonchev–Trinajstić information content (AvgIpc) is 2.35. The zero-order valence-electron chi connectivity index (χ0n) is 11.6. The number of carbonyl (C=O) groups is 1. The van der Waals surface area contributed by atoms with Gasteiger partial charge in [-0.1, -0.05) is 30.9 Å². The van der Waals surface area contributed by atoms with Gasteiger partial charge >= 0.3 is 6.03 Å². The lowest BCUT2D eigenvalue weighted by molar-refractivity contribution is 0.244. The highest BCUT2D eigenvalue weighted by atomic mass is 35.5. The number of halogens is 1. The maximum Gasteiger partial charge on any atom is 0.319 e. The van der Waals surface area contributed by atoms with Crippen LogP contribution in [0.3, 0.4) is 0 Å². The lowest BCUT2D eigenvalue weighted by Gasteiger charge is -2.23. The molecule has 1 aliphatic rings. The molecule has 0 aromatic heterocycles. The molecule has 2 N–H and O–H groups in total. The molecule has 1 aromatic carbocycles. The second-order valence-corrected chi connectivity index (χ2v) is 5.78. The van der Waals surface area contributed by atoms with Crippen LogP contribution in [0.15, 0.2) is 12.1 Å². The SMILES string of the molecule is Cc1cc(Cl)cc(C)c1NC(=O)NC1CCCCC1. The molecule has 0 aliphatic heterocycles. The van der Waals surface area contributed by atoms with Crippen LogP contribution >= 0.6 is 11.6 Å². The van der Waals surface area contributed by atoms with E-state index in [0.29, 0.717) is 11.1 Å². The minimum Gasteiger partial charge on any atom is -0.335 e. The van der Waals surface area contributed by atoms with Gasteiger partial charge in [0.2, 0.25) is 0 Å². The summed E-state index contributed by atoms with van der Waals surface area (Å²) in [5.41, 5.74) is 2.84. The maximum absolute atomic E-state index is 12.0. The molecule has 3 nitrogen and oxygen atoms in total. The first-order valence-corrected chi connectivity index (χ1v) is 7.28. The van der Waals surface area contributed by atoms with Crippen LogP contribution in [0, 0.1) is 13.8 Å². The van der Waals surface area contributed by atoms with E-state index in [2.05, 4.69) is 10.6 Å². The van der Waals surface area contributed by atoms with Crippen LogP contribution in [0.4, 0.5) is 10.5 Å². The first kappa shape index (κ1) is 14.2. The van der Waals surface area contributed by atoms with Crippen molar-refractivity contribution in [3.63, 3.8) is 0 Å². The van der Waals surface area contributed by atoms with Crippen LogP contribution in [-0.4, -0.2) is 12.1 Å². The van der Waals surface area contributed by atoms with Gasteiger partial charge in [0.15, 0.2) is 0 Å². The number of aryl methyl sites for hydroxylation is 2. The number of urea groups is 1. The van der Waals surface area contributed by atoms with Crippen LogP contribution < -0.4 is 10.6 Å². The van der Waals surface area contributed by atoms with Gasteiger partial charge in [0.1, 0.15) is 0 Å². The van der Waals surface area contributed by atoms with Gasteiger partial charge in [0, 0.05) is 16.8 Å². The second-order valence-electron chi connectivity index (χ2n) is 5.35. The van der Waals surface area contributed by atoms with E-state index in [1.54, 1.807) is 0 Å². The summed E-state index contributed by atoms with van der Waals surface area (Å²) >= 11 is 5.99. The van der Waals surface area contributed by atoms with Crippen molar-refractivity contribution in [3.8, 4) is 0 Å². The molecule has 0 saturated heterocycles. The third kappa shape index (κ3) is 3.87. The Morgan fingerprint density at radius 2 is 1.74 bits per heavy atom. The Hall–Kier alpha value is -1.22. The predicted molar refractivity (Wildman–Crippen MR) is 80.0 cm³/mol. The second kappa shape index (κ2) is 6.29. The minimum absolute atomic E-state index is 0.111. The van der Waals surface area contributed by atoms with Gasteiger partial charge in [-0.3, -0.25) is 0 Å². The molecule has 2 rings (SSSR count). The Kier molecular flexibility index (Phi) is 4.70. The summed E-state index contributed by atoms with van der Waals surface area (Å²) in [5.74, 6) is 0. The third-order valence-corrected chi connectivity index (χ3v) is 3.89. The first-order chi connectivity index (χ1) is 9.06. The van der Waals surface area contributed by atoms with Crippen LogP contribution in [-0.2, 0) is 0 Å². The smallest absolute Gasteiger partial charge is 0.319 e. The molecule has 1 saturated carbocycles. The van der Waals surface area contributed by atoms with Crippen molar-refractivity contribution in [1.82, 2.24) is 5.32 Å². The minimum atomic E-state index is -0.111. The molecule has 4 heteroatoms. The number of nitrogens with one attached hydrogen (secondary N) is 2. The Morgan fingerprint density at radius 1 is 1.16 bits per heavy atom. The number of hydrogen-bond donors (Lipinski definition) is 2. The lowest BCUT2D eigenvalue weighted by atomic mass is 9.96. The lowest BCUT2D eigenvalue weighted by Crippen LogP contribution is -2.39. The maximum atomic E-state index is 12.0. The standard InChI is InChI=1S/C15H21ClN2O/c1-10-8-12(16)9-11(2)14(10)18-15(19)17-13-6-4-3-5-7-13/h8-9,13H,3-7H2,1-2H3,(H2,17,18,19). The quantitative estimate of drug-likeness (QED) is 0.828. The molecule has 0 unspecified atom stereocenters. The van der Waals surface area contributed by atoms with Crippen molar-refractivity contribution in [2.75, 3.05) is 5.32 Å². The van der Waals surface area contributed by atoms with E-state index in [-0.39, 0.29) is 6.03 Å². The Morgan fingerprint density at radius 3 is 2.32 bits per heavy atom. The summed E-state index contributed by atoms with van der Waals surface area (Å²) in [6, 6.07) is 3.94. The van der Waals surface area contributed by atoms with Crippen molar-refractivity contribution >= 4 is 23.3 Å². The Bertz CT molecular complexity index is 444. The molecule has 19 heavy (non-hydrogen) atoms. The number of anilines is 1. The van der Waals surface area contributed by atoms with Gasteiger partial charge in [0.05, 0.1) is 0 Å². The molecule has 2 amide bonds. The molecular weight excluding hydrogens is 260 g/mol. The predicted octanol–water partition coefficient (Wildman–Crippen LogP) is 4.41. The normalized spacial score (nSPS) is 16.2. The molecule has 0 radical (unpaired) electrons. The topological polar surface area (TPSA) is 41.1 Å². The van der Waals surface area contributed by atoms with E-state index in [9.17, 15) is 4.79 Å². The van der Waals surface area contributed by atoms with E-state index in [1.807, 2.05) is 26.0 Å². The summed E-state index contributed by atoms with van der Waals surface area (Å²) in [6.45, 7) is 3.91. The van der Waals surface area contributed by atoms with Gasteiger partial charge in [-0.05, 0) is 49.9 Å². The van der Waals surface area contributed by atoms with Gasteiger partial charge in [0.25, 0.3) is 0 Å². The fourth-order valence-corrected chi connectivity index (χ4v) is 3.02. The van der Waals surface area contributed by atoms with Crippen molar-refractivity contribution in [3.05, 3.63) is 28.3 Å². The zero-order chi connectivity index (χ0) is 13.8. The van der Waals surface area contributed by atoms with Gasteiger partial charge in [-0.15, -0.1) is 0 Å². The summed E-state index contributed by atoms with van der Waals surface area (Å²) in [6.07, 6.45) is 5.89. The van der Waals surface area contributed by atoms with Crippen molar-refractivity contribution in [2.45, 2.75) is 52.0 Å². The Labute approximate surface area is 119 Å². The van der Waals surface area contributed by atoms with E-state index in [4.69, 9.17) is 11.6 Å². The van der Waals surface area contributed by atoms with E-state index in [0.717, 1.165) is 29.7 Å². The Balaban J connectivity index is 1.98. The van der Waals surface area contributed by atoms with E-state index >= 15 is 0 Å². The van der Waals surface area contributed by atoms with Crippen molar-refractivity contribution in [1.29, 1.82) is 0 Å². The first-order valence-electron chi connectivity index (χ1n) is 6.90. The molecule has 1 aliphatic carbocycles. The van der Waals surface area contributed by atoms with Crippen LogP contribution in [0.1, 0.15) is 43.2 Å². The molecule has 0 bridgehead atoms. The fraction of sp³-hybridized carbons (Fsp3) is 0.533. The summed E-state index contributed by atoms with van der Waals surface area (Å²) in [5, 5.41) is 6.70. The molecular formula is C15H21ClN2O. The summed E-state index contributed by atoms with van der Waals surface area (Å²) < 4.78 is 0. The molecule has 1 aromatic rings. The zero-order valence-corrected chi connectivity index (χ0v) is 12.3. The largest absolute Gasteiger partial charge is 0.335 e. The van der Waals surface area contributed by atoms with Crippen LogP contribution in [0.25, 0.3) is 0 Å². The number of hydrogen-bond acceptors (Lipinski definition) is 1. The average molecular weight is 281 g/mol. The van der Waals surface area contributed by atoms with Gasteiger partial charge in [-0.25, -0.2) is 4.79 Å². The molecule has 0 heterocycles. The van der Waals surface area contributed by atoms with Gasteiger partial charge in [-0.2, -0.15) is 0 Å². The van der Waals surface area contributed by atoms with E-state index in [1.165, 1.54) is 19.3 Å². The monoisotopic (exact) mass is 280 g/mol. The van der Waals surface area contributed by atoms with Crippen molar-refractivity contribution < 1.29 is 4.79 Å². The molecule has 0 spiro atoms. The number of carbonyl (C=O) groups excluding carboxylic acids is 1. The van der Waals surface area contributed by atoms with Crippen LogP contribution in [0.2, 0.25) is 5.02 Å². The number of rotatable bonds is 2. The molecule has 1 fully saturated rings.